The number of hydrogen-bond donors (Lipinski definition) is 0. The van der Waals surface area contributed by atoms with Crippen LogP contribution in [0.3, 0.4) is 0 Å². The molecule has 0 spiro atoms. The SMILES string of the molecule is CCc1cc(-c2ccccc2)cc(-c2ccccc2)[o+]1.[Cl][Fe-]([Cl])([Cl])[Cl]. The molecule has 0 aliphatic carbocycles. The maximum atomic E-state index is 5.97. The average Bonchev–Trinajstić information content (AvgIpc) is 2.61. The molecule has 0 saturated carbocycles. The molecule has 0 aliphatic rings. The Balaban J connectivity index is 0.000000399. The third-order valence-electron chi connectivity index (χ3n) is 3.36. The molecule has 25 heavy (non-hydrogen) atoms. The normalized spacial score (nSPS) is 11.4. The van der Waals surface area contributed by atoms with Gasteiger partial charge in [0.25, 0.3) is 0 Å². The van der Waals surface area contributed by atoms with Gasteiger partial charge >= 0.3 is 61.1 Å². The summed E-state index contributed by atoms with van der Waals surface area (Å²) in [7, 11) is 17.2. The van der Waals surface area contributed by atoms with Gasteiger partial charge in [-0.3, -0.25) is 0 Å². The monoisotopic (exact) mass is 457 g/mol. The van der Waals surface area contributed by atoms with E-state index in [1.807, 2.05) is 24.3 Å². The van der Waals surface area contributed by atoms with Crippen LogP contribution in [0.25, 0.3) is 22.5 Å². The zero-order valence-corrected chi connectivity index (χ0v) is 17.5. The first-order valence-corrected chi connectivity index (χ1v) is 13.6. The first-order chi connectivity index (χ1) is 11.9. The summed E-state index contributed by atoms with van der Waals surface area (Å²) >= 11 is 0. The Morgan fingerprint density at radius 1 is 0.720 bits per heavy atom. The third kappa shape index (κ3) is 7.58. The summed E-state index contributed by atoms with van der Waals surface area (Å²) in [6.45, 7) is 2.11. The number of hydrogen-bond acceptors (Lipinski definition) is 0. The van der Waals surface area contributed by atoms with E-state index in [0.29, 0.717) is 0 Å². The Morgan fingerprint density at radius 2 is 1.20 bits per heavy atom. The molecule has 0 saturated heterocycles. The zero-order valence-electron chi connectivity index (χ0n) is 13.4. The van der Waals surface area contributed by atoms with Crippen molar-refractivity contribution in [3.05, 3.63) is 78.6 Å². The average molecular weight is 459 g/mol. The molecular formula is C19H17Cl4FeO. The molecule has 0 atom stereocenters. The molecule has 135 valence electrons. The van der Waals surface area contributed by atoms with Gasteiger partial charge in [-0.2, -0.15) is 0 Å². The van der Waals surface area contributed by atoms with Crippen LogP contribution in [0.1, 0.15) is 12.7 Å². The van der Waals surface area contributed by atoms with Crippen LogP contribution in [0, 0.1) is 0 Å². The molecule has 0 aliphatic heterocycles. The van der Waals surface area contributed by atoms with Gasteiger partial charge in [-0.1, -0.05) is 55.5 Å². The van der Waals surface area contributed by atoms with Crippen molar-refractivity contribution < 1.29 is 13.6 Å². The van der Waals surface area contributed by atoms with E-state index in [1.165, 1.54) is 11.1 Å². The van der Waals surface area contributed by atoms with E-state index in [0.717, 1.165) is 23.5 Å². The molecule has 0 radical (unpaired) electrons. The van der Waals surface area contributed by atoms with Gasteiger partial charge in [0.2, 0.25) is 0 Å². The second-order valence-electron chi connectivity index (χ2n) is 5.07. The van der Waals surface area contributed by atoms with Crippen molar-refractivity contribution in [2.45, 2.75) is 13.3 Å². The zero-order chi connectivity index (χ0) is 18.3. The number of aryl methyl sites for hydroxylation is 1. The van der Waals surface area contributed by atoms with Crippen molar-refractivity contribution in [2.75, 3.05) is 0 Å². The molecule has 2 aromatic carbocycles. The van der Waals surface area contributed by atoms with E-state index < -0.39 is 9.20 Å². The Morgan fingerprint density at radius 3 is 1.68 bits per heavy atom. The van der Waals surface area contributed by atoms with Crippen molar-refractivity contribution in [1.82, 2.24) is 0 Å². The first kappa shape index (κ1) is 20.6. The fourth-order valence-electron chi connectivity index (χ4n) is 2.27. The van der Waals surface area contributed by atoms with Gasteiger partial charge in [0, 0.05) is 11.6 Å². The molecular weight excluding hydrogens is 442 g/mol. The first-order valence-electron chi connectivity index (χ1n) is 7.48. The van der Waals surface area contributed by atoms with E-state index in [1.54, 1.807) is 0 Å². The fraction of sp³-hybridized carbons (Fsp3) is 0.105. The second-order valence-corrected chi connectivity index (χ2v) is 16.0. The van der Waals surface area contributed by atoms with E-state index in [-0.39, 0.29) is 0 Å². The van der Waals surface area contributed by atoms with Crippen LogP contribution in [0.15, 0.2) is 77.2 Å². The van der Waals surface area contributed by atoms with Gasteiger partial charge in [0.15, 0.2) is 0 Å². The number of benzene rings is 2. The van der Waals surface area contributed by atoms with Crippen molar-refractivity contribution in [1.29, 1.82) is 0 Å². The van der Waals surface area contributed by atoms with Gasteiger partial charge in [0.1, 0.15) is 0 Å². The summed E-state index contributed by atoms with van der Waals surface area (Å²) in [4.78, 5) is 0. The Bertz CT molecular complexity index is 726. The molecule has 0 unspecified atom stereocenters. The molecule has 3 rings (SSSR count). The molecule has 0 bridgehead atoms. The summed E-state index contributed by atoms with van der Waals surface area (Å²) < 4.78 is 5.97. The Kier molecular flexibility index (Phi) is 8.09. The van der Waals surface area contributed by atoms with Crippen molar-refractivity contribution in [3.8, 4) is 22.5 Å². The molecule has 0 amide bonds. The van der Waals surface area contributed by atoms with Gasteiger partial charge in [-0.15, -0.1) is 0 Å². The maximum absolute atomic E-state index is 5.97. The predicted molar refractivity (Wildman–Crippen MR) is 107 cm³/mol. The molecule has 0 N–H and O–H groups in total. The van der Waals surface area contributed by atoms with Crippen LogP contribution in [-0.4, -0.2) is 0 Å². The van der Waals surface area contributed by atoms with Crippen LogP contribution in [0.4, 0.5) is 0 Å². The molecule has 6 heteroatoms. The van der Waals surface area contributed by atoms with Crippen LogP contribution >= 0.6 is 40.4 Å². The van der Waals surface area contributed by atoms with E-state index in [2.05, 4.69) is 55.5 Å². The van der Waals surface area contributed by atoms with Gasteiger partial charge < -0.3 is 0 Å². The van der Waals surface area contributed by atoms with E-state index in [4.69, 9.17) is 44.8 Å². The standard InChI is InChI=1S/C19H17O.4ClH.Fe/c1-2-18-13-17(15-9-5-3-6-10-15)14-19(20-18)16-11-7-4-8-12-16;;;;;/h3-14H,2H2,1H3;4*1H;/q+1;;;;;+3/p-4. The summed E-state index contributed by atoms with van der Waals surface area (Å²) in [5, 5.41) is 0. The van der Waals surface area contributed by atoms with E-state index >= 15 is 0 Å². The van der Waals surface area contributed by atoms with Gasteiger partial charge in [0.05, 0.1) is 18.1 Å². The van der Waals surface area contributed by atoms with Crippen LogP contribution in [0.5, 0.6) is 0 Å². The molecule has 1 aromatic heterocycles. The second kappa shape index (κ2) is 9.83. The van der Waals surface area contributed by atoms with Crippen molar-refractivity contribution >= 4 is 40.4 Å². The topological polar surface area (TPSA) is 11.3 Å². The molecule has 3 aromatic rings. The minimum absolute atomic E-state index is 0.889. The van der Waals surface area contributed by atoms with Crippen molar-refractivity contribution in [3.63, 3.8) is 0 Å². The summed E-state index contributed by atoms with van der Waals surface area (Å²) in [5.74, 6) is 1.93. The quantitative estimate of drug-likeness (QED) is 0.284. The third-order valence-corrected chi connectivity index (χ3v) is 3.36. The molecule has 1 heterocycles. The van der Waals surface area contributed by atoms with Crippen molar-refractivity contribution in [2.24, 2.45) is 0 Å². The number of rotatable bonds is 3. The van der Waals surface area contributed by atoms with E-state index in [9.17, 15) is 0 Å². The number of halogens is 4. The minimum atomic E-state index is -2.61. The predicted octanol–water partition coefficient (Wildman–Crippen LogP) is 8.21. The van der Waals surface area contributed by atoms with Crippen LogP contribution in [0.2, 0.25) is 0 Å². The summed E-state index contributed by atoms with van der Waals surface area (Å²) in [5.41, 5.74) is 3.53. The van der Waals surface area contributed by atoms with Crippen LogP contribution < -0.4 is 0 Å². The fourth-order valence-corrected chi connectivity index (χ4v) is 2.27. The van der Waals surface area contributed by atoms with Gasteiger partial charge in [-0.05, 0) is 17.7 Å². The Labute approximate surface area is 167 Å². The van der Waals surface area contributed by atoms with Gasteiger partial charge in [-0.25, -0.2) is 4.42 Å². The summed E-state index contributed by atoms with van der Waals surface area (Å²) in [6, 6.07) is 24.9. The van der Waals surface area contributed by atoms with Crippen LogP contribution in [-0.2, 0) is 15.6 Å². The molecule has 0 fully saturated rings. The summed E-state index contributed by atoms with van der Waals surface area (Å²) in [6.07, 6.45) is 0.889. The Hall–Kier alpha value is -0.731. The molecule has 1 nitrogen and oxygen atoms in total.